The molecule has 0 spiro atoms. The van der Waals surface area contributed by atoms with Crippen LogP contribution in [0.2, 0.25) is 0 Å². The number of hydrogen-bond donors (Lipinski definition) is 1. The van der Waals surface area contributed by atoms with Gasteiger partial charge in [-0.1, -0.05) is 48.5 Å². The first-order chi connectivity index (χ1) is 14.1. The van der Waals surface area contributed by atoms with Crippen molar-refractivity contribution >= 4 is 23.4 Å². The van der Waals surface area contributed by atoms with Gasteiger partial charge in [0.05, 0.1) is 5.75 Å². The van der Waals surface area contributed by atoms with Crippen molar-refractivity contribution in [2.75, 3.05) is 11.1 Å². The van der Waals surface area contributed by atoms with Gasteiger partial charge in [0.25, 0.3) is 0 Å². The van der Waals surface area contributed by atoms with Crippen LogP contribution in [0, 0.1) is 6.92 Å². The average molecular weight is 411 g/mol. The summed E-state index contributed by atoms with van der Waals surface area (Å²) >= 11 is 1.37. The largest absolute Gasteiger partial charge is 0.486 e. The maximum Gasteiger partial charge on any atom is 0.234 e. The Kier molecular flexibility index (Phi) is 7.30. The molecule has 0 unspecified atom stereocenters. The van der Waals surface area contributed by atoms with Gasteiger partial charge in [0.15, 0.2) is 11.0 Å². The Labute approximate surface area is 175 Å². The molecular formula is C22H26N4O2S. The fourth-order valence-electron chi connectivity index (χ4n) is 2.78. The lowest BCUT2D eigenvalue weighted by Crippen LogP contribution is -2.15. The van der Waals surface area contributed by atoms with Crippen molar-refractivity contribution in [1.82, 2.24) is 14.8 Å². The topological polar surface area (TPSA) is 69.0 Å². The predicted molar refractivity (Wildman–Crippen MR) is 116 cm³/mol. The van der Waals surface area contributed by atoms with Gasteiger partial charge in [-0.15, -0.1) is 10.2 Å². The van der Waals surface area contributed by atoms with E-state index in [-0.39, 0.29) is 11.7 Å². The van der Waals surface area contributed by atoms with Gasteiger partial charge >= 0.3 is 0 Å². The zero-order chi connectivity index (χ0) is 20.6. The minimum Gasteiger partial charge on any atom is -0.486 e. The molecule has 1 aromatic heterocycles. The van der Waals surface area contributed by atoms with Crippen LogP contribution in [-0.2, 0) is 24.4 Å². The van der Waals surface area contributed by atoms with Crippen molar-refractivity contribution < 1.29 is 9.53 Å². The molecule has 0 aliphatic heterocycles. The Morgan fingerprint density at radius 3 is 2.45 bits per heavy atom. The zero-order valence-electron chi connectivity index (χ0n) is 17.0. The number of aryl methyl sites for hydroxylation is 2. The number of nitrogens with one attached hydrogen (secondary N) is 1. The third-order valence-electron chi connectivity index (χ3n) is 4.48. The number of benzene rings is 2. The van der Waals surface area contributed by atoms with Gasteiger partial charge in [-0.25, -0.2) is 0 Å². The van der Waals surface area contributed by atoms with Crippen molar-refractivity contribution in [3.8, 4) is 5.75 Å². The van der Waals surface area contributed by atoms with E-state index in [0.29, 0.717) is 18.3 Å². The monoisotopic (exact) mass is 410 g/mol. The van der Waals surface area contributed by atoms with Gasteiger partial charge in [0.2, 0.25) is 5.91 Å². The molecule has 1 N–H and O–H groups in total. The van der Waals surface area contributed by atoms with E-state index in [9.17, 15) is 4.79 Å². The minimum atomic E-state index is -0.0673. The van der Waals surface area contributed by atoms with Crippen LogP contribution in [0.5, 0.6) is 5.75 Å². The van der Waals surface area contributed by atoms with E-state index in [2.05, 4.69) is 22.4 Å². The Hall–Kier alpha value is -2.80. The fraction of sp³-hybridized carbons (Fsp3) is 0.318. The molecule has 0 atom stereocenters. The number of carbonyl (C=O) groups excluding carboxylic acids is 1. The molecule has 0 aliphatic carbocycles. The van der Waals surface area contributed by atoms with Crippen LogP contribution >= 0.6 is 11.8 Å². The summed E-state index contributed by atoms with van der Waals surface area (Å²) in [5.74, 6) is 1.74. The molecule has 0 saturated carbocycles. The molecule has 0 fully saturated rings. The van der Waals surface area contributed by atoms with Crippen molar-refractivity contribution in [1.29, 1.82) is 0 Å². The molecule has 1 heterocycles. The molecule has 0 aliphatic rings. The number of aromatic nitrogens is 3. The molecule has 1 amide bonds. The Morgan fingerprint density at radius 2 is 1.79 bits per heavy atom. The lowest BCUT2D eigenvalue weighted by Gasteiger charge is -2.09. The average Bonchev–Trinajstić information content (AvgIpc) is 3.14. The van der Waals surface area contributed by atoms with Gasteiger partial charge < -0.3 is 14.6 Å². The molecule has 29 heavy (non-hydrogen) atoms. The second kappa shape index (κ2) is 10.1. The maximum absolute atomic E-state index is 12.3. The summed E-state index contributed by atoms with van der Waals surface area (Å²) < 4.78 is 7.79. The highest BCUT2D eigenvalue weighted by atomic mass is 32.2. The van der Waals surface area contributed by atoms with Gasteiger partial charge in [-0.05, 0) is 50.1 Å². The summed E-state index contributed by atoms with van der Waals surface area (Å²) in [6, 6.07) is 15.8. The molecular weight excluding hydrogens is 384 g/mol. The van der Waals surface area contributed by atoms with Crippen LogP contribution in [0.3, 0.4) is 0 Å². The fourth-order valence-corrected chi connectivity index (χ4v) is 3.60. The van der Waals surface area contributed by atoms with Gasteiger partial charge in [-0.3, -0.25) is 4.79 Å². The van der Waals surface area contributed by atoms with Crippen LogP contribution in [-0.4, -0.2) is 26.4 Å². The Morgan fingerprint density at radius 1 is 1.07 bits per heavy atom. The van der Waals surface area contributed by atoms with E-state index in [1.807, 2.05) is 66.9 Å². The minimum absolute atomic E-state index is 0.0673. The van der Waals surface area contributed by atoms with E-state index >= 15 is 0 Å². The summed E-state index contributed by atoms with van der Waals surface area (Å²) in [5, 5.41) is 12.1. The number of rotatable bonds is 9. The molecule has 3 aromatic rings. The lowest BCUT2D eigenvalue weighted by molar-refractivity contribution is -0.113. The standard InChI is InChI=1S/C22H26N4O2S/c1-4-17-8-10-18(11-9-17)23-21(27)15-29-22-25-24-20(26(22)5-2)14-28-19-12-6-16(3)7-13-19/h6-13H,4-5,14-15H2,1-3H3,(H,23,27). The molecule has 0 radical (unpaired) electrons. The number of amides is 1. The molecule has 0 saturated heterocycles. The number of thioether (sulfide) groups is 1. The maximum atomic E-state index is 12.3. The van der Waals surface area contributed by atoms with Crippen molar-refractivity contribution in [2.45, 2.75) is 45.5 Å². The normalized spacial score (nSPS) is 10.7. The van der Waals surface area contributed by atoms with Crippen LogP contribution in [0.1, 0.15) is 30.8 Å². The predicted octanol–water partition coefficient (Wildman–Crippen LogP) is 4.48. The molecule has 0 bridgehead atoms. The molecule has 6 nitrogen and oxygen atoms in total. The SMILES string of the molecule is CCc1ccc(NC(=O)CSc2nnc(COc3ccc(C)cc3)n2CC)cc1. The summed E-state index contributed by atoms with van der Waals surface area (Å²) in [6.45, 7) is 7.21. The first-order valence-corrected chi connectivity index (χ1v) is 10.7. The third kappa shape index (κ3) is 5.84. The smallest absolute Gasteiger partial charge is 0.234 e. The highest BCUT2D eigenvalue weighted by molar-refractivity contribution is 7.99. The van der Waals surface area contributed by atoms with Crippen molar-refractivity contribution in [3.05, 3.63) is 65.5 Å². The molecule has 2 aromatic carbocycles. The number of carbonyl (C=O) groups is 1. The van der Waals surface area contributed by atoms with Crippen LogP contribution < -0.4 is 10.1 Å². The van der Waals surface area contributed by atoms with Crippen LogP contribution in [0.25, 0.3) is 0 Å². The van der Waals surface area contributed by atoms with E-state index in [1.165, 1.54) is 22.9 Å². The molecule has 3 rings (SSSR count). The zero-order valence-corrected chi connectivity index (χ0v) is 17.8. The highest BCUT2D eigenvalue weighted by Gasteiger charge is 2.14. The van der Waals surface area contributed by atoms with Crippen molar-refractivity contribution in [2.24, 2.45) is 0 Å². The summed E-state index contributed by atoms with van der Waals surface area (Å²) in [6.07, 6.45) is 0.979. The number of anilines is 1. The number of hydrogen-bond acceptors (Lipinski definition) is 5. The first kappa shape index (κ1) is 20.9. The molecule has 7 heteroatoms. The first-order valence-electron chi connectivity index (χ1n) is 9.72. The Bertz CT molecular complexity index is 936. The second-order valence-corrected chi connectivity index (χ2v) is 7.57. The summed E-state index contributed by atoms with van der Waals surface area (Å²) in [5.41, 5.74) is 3.23. The van der Waals surface area contributed by atoms with E-state index < -0.39 is 0 Å². The highest BCUT2D eigenvalue weighted by Crippen LogP contribution is 2.19. The van der Waals surface area contributed by atoms with Crippen LogP contribution in [0.4, 0.5) is 5.69 Å². The van der Waals surface area contributed by atoms with E-state index in [0.717, 1.165) is 23.7 Å². The quantitative estimate of drug-likeness (QED) is 0.527. The number of ether oxygens (including phenoxy) is 1. The van der Waals surface area contributed by atoms with E-state index in [4.69, 9.17) is 4.74 Å². The van der Waals surface area contributed by atoms with Gasteiger partial charge in [-0.2, -0.15) is 0 Å². The van der Waals surface area contributed by atoms with E-state index in [1.54, 1.807) is 0 Å². The molecule has 152 valence electrons. The van der Waals surface area contributed by atoms with Crippen molar-refractivity contribution in [3.63, 3.8) is 0 Å². The van der Waals surface area contributed by atoms with Gasteiger partial charge in [0, 0.05) is 12.2 Å². The van der Waals surface area contributed by atoms with Gasteiger partial charge in [0.1, 0.15) is 12.4 Å². The Balaban J connectivity index is 1.54. The van der Waals surface area contributed by atoms with Crippen LogP contribution in [0.15, 0.2) is 53.7 Å². The third-order valence-corrected chi connectivity index (χ3v) is 5.44. The number of nitrogens with zero attached hydrogens (tertiary/aromatic N) is 3. The second-order valence-electron chi connectivity index (χ2n) is 6.63. The summed E-state index contributed by atoms with van der Waals surface area (Å²) in [4.78, 5) is 12.3. The summed E-state index contributed by atoms with van der Waals surface area (Å²) in [7, 11) is 0. The lowest BCUT2D eigenvalue weighted by atomic mass is 10.1.